The quantitative estimate of drug-likeness (QED) is 0.0963. The van der Waals surface area contributed by atoms with Gasteiger partial charge in [0.2, 0.25) is 0 Å². The summed E-state index contributed by atoms with van der Waals surface area (Å²) < 4.78 is 40.1. The molecule has 0 spiro atoms. The van der Waals surface area contributed by atoms with Gasteiger partial charge in [0.05, 0.1) is 6.61 Å². The van der Waals surface area contributed by atoms with Gasteiger partial charge in [-0.2, -0.15) is 13.2 Å². The minimum absolute atomic E-state index is 0.127. The van der Waals surface area contributed by atoms with Gasteiger partial charge in [-0.25, -0.2) is 4.79 Å². The van der Waals surface area contributed by atoms with E-state index in [9.17, 15) is 18.0 Å². The Morgan fingerprint density at radius 3 is 0.970 bits per heavy atom. The highest BCUT2D eigenvalue weighted by molar-refractivity contribution is 5.75. The maximum atomic E-state index is 12.0. The highest BCUT2D eigenvalue weighted by Gasteiger charge is 2.40. The summed E-state index contributed by atoms with van der Waals surface area (Å²) >= 11 is 0. The van der Waals surface area contributed by atoms with Crippen LogP contribution in [0.25, 0.3) is 0 Å². The van der Waals surface area contributed by atoms with Crippen molar-refractivity contribution in [2.75, 3.05) is 6.61 Å². The number of ether oxygens (including phenoxy) is 1. The molecule has 0 unspecified atom stereocenters. The maximum Gasteiger partial charge on any atom is 0.490 e. The first-order valence-electron chi connectivity index (χ1n) is 14.2. The average Bonchev–Trinajstić information content (AvgIpc) is 2.78. The third-order valence-corrected chi connectivity index (χ3v) is 6.46. The Bertz CT molecular complexity index is 410. The van der Waals surface area contributed by atoms with Crippen molar-refractivity contribution in [2.24, 2.45) is 0 Å². The summed E-state index contributed by atoms with van der Waals surface area (Å²) in [6, 6.07) is 0. The lowest BCUT2D eigenvalue weighted by Crippen LogP contribution is -2.25. The van der Waals surface area contributed by atoms with Crippen molar-refractivity contribution in [3.05, 3.63) is 0 Å². The number of carbonyl (C=O) groups excluding carboxylic acids is 1. The lowest BCUT2D eigenvalue weighted by molar-refractivity contribution is -0.199. The van der Waals surface area contributed by atoms with E-state index in [1.54, 1.807) is 0 Å². The first kappa shape index (κ1) is 32.3. The summed E-state index contributed by atoms with van der Waals surface area (Å²) in [4.78, 5) is 10.5. The Hall–Kier alpha value is -0.740. The van der Waals surface area contributed by atoms with E-state index < -0.39 is 12.1 Å². The van der Waals surface area contributed by atoms with Crippen LogP contribution >= 0.6 is 0 Å². The van der Waals surface area contributed by atoms with Crippen LogP contribution in [0.5, 0.6) is 0 Å². The lowest BCUT2D eigenvalue weighted by Gasteiger charge is -2.07. The first-order chi connectivity index (χ1) is 16.0. The number of alkyl halides is 3. The van der Waals surface area contributed by atoms with Gasteiger partial charge in [0.1, 0.15) is 0 Å². The van der Waals surface area contributed by atoms with Crippen molar-refractivity contribution in [1.29, 1.82) is 0 Å². The van der Waals surface area contributed by atoms with Crippen LogP contribution in [0.2, 0.25) is 0 Å². The standard InChI is InChI=1S/C28H53F3O2/c1-2-3-4-5-6-7-8-9-10-11-12-13-14-15-16-17-18-19-20-21-22-23-24-25-26-33-27(32)28(29,30)31/h2-26H2,1H3. The molecule has 0 fully saturated rings. The van der Waals surface area contributed by atoms with Gasteiger partial charge in [-0.1, -0.05) is 155 Å². The summed E-state index contributed by atoms with van der Waals surface area (Å²) in [5, 5.41) is 0. The largest absolute Gasteiger partial charge is 0.490 e. The fraction of sp³-hybridized carbons (Fsp3) is 0.964. The second-order valence-electron chi connectivity index (χ2n) is 9.77. The fourth-order valence-electron chi connectivity index (χ4n) is 4.31. The van der Waals surface area contributed by atoms with Crippen LogP contribution in [0.1, 0.15) is 161 Å². The van der Waals surface area contributed by atoms with E-state index in [0.29, 0.717) is 6.42 Å². The van der Waals surface area contributed by atoms with Gasteiger partial charge in [0.15, 0.2) is 0 Å². The maximum absolute atomic E-state index is 12.0. The molecule has 0 rings (SSSR count). The predicted octanol–water partition coefficient (Wildman–Crippen LogP) is 10.5. The minimum Gasteiger partial charge on any atom is -0.459 e. The van der Waals surface area contributed by atoms with Gasteiger partial charge in [-0.3, -0.25) is 0 Å². The number of hydrogen-bond donors (Lipinski definition) is 0. The molecule has 0 atom stereocenters. The van der Waals surface area contributed by atoms with Gasteiger partial charge >= 0.3 is 12.1 Å². The molecule has 0 bridgehead atoms. The molecule has 0 aliphatic rings. The molecular weight excluding hydrogens is 425 g/mol. The molecule has 0 aliphatic carbocycles. The van der Waals surface area contributed by atoms with E-state index in [0.717, 1.165) is 19.3 Å². The summed E-state index contributed by atoms with van der Waals surface area (Å²) in [6.45, 7) is 2.15. The molecule has 33 heavy (non-hydrogen) atoms. The molecule has 0 saturated carbocycles. The molecule has 0 aromatic heterocycles. The Balaban J connectivity index is 3.09. The molecule has 198 valence electrons. The average molecular weight is 479 g/mol. The Morgan fingerprint density at radius 2 is 0.727 bits per heavy atom. The molecule has 0 aromatic rings. The fourth-order valence-corrected chi connectivity index (χ4v) is 4.31. The topological polar surface area (TPSA) is 26.3 Å². The number of esters is 1. The molecule has 0 amide bonds. The van der Waals surface area contributed by atoms with Crippen molar-refractivity contribution in [3.63, 3.8) is 0 Å². The Morgan fingerprint density at radius 1 is 0.485 bits per heavy atom. The lowest BCUT2D eigenvalue weighted by atomic mass is 10.0. The first-order valence-corrected chi connectivity index (χ1v) is 14.2. The van der Waals surface area contributed by atoms with Crippen molar-refractivity contribution >= 4 is 5.97 Å². The number of hydrogen-bond acceptors (Lipinski definition) is 2. The highest BCUT2D eigenvalue weighted by Crippen LogP contribution is 2.17. The van der Waals surface area contributed by atoms with Crippen LogP contribution in [-0.4, -0.2) is 18.8 Å². The molecule has 0 N–H and O–H groups in total. The van der Waals surface area contributed by atoms with Crippen LogP contribution in [0.4, 0.5) is 13.2 Å². The van der Waals surface area contributed by atoms with Gasteiger partial charge in [-0.05, 0) is 6.42 Å². The highest BCUT2D eigenvalue weighted by atomic mass is 19.4. The van der Waals surface area contributed by atoms with E-state index >= 15 is 0 Å². The summed E-state index contributed by atoms with van der Waals surface area (Å²) in [5.41, 5.74) is 0. The Kier molecular flexibility index (Phi) is 23.8. The van der Waals surface area contributed by atoms with Crippen LogP contribution in [0.3, 0.4) is 0 Å². The molecule has 2 nitrogen and oxygen atoms in total. The molecule has 0 heterocycles. The number of halogens is 3. The van der Waals surface area contributed by atoms with Crippen LogP contribution < -0.4 is 0 Å². The normalized spacial score (nSPS) is 11.8. The second kappa shape index (κ2) is 24.4. The zero-order chi connectivity index (χ0) is 24.5. The van der Waals surface area contributed by atoms with Gasteiger partial charge < -0.3 is 4.74 Å². The van der Waals surface area contributed by atoms with Crippen molar-refractivity contribution in [1.82, 2.24) is 0 Å². The van der Waals surface area contributed by atoms with Crippen molar-refractivity contribution in [2.45, 2.75) is 167 Å². The molecule has 5 heteroatoms. The van der Waals surface area contributed by atoms with E-state index in [4.69, 9.17) is 0 Å². The third kappa shape index (κ3) is 25.7. The van der Waals surface area contributed by atoms with E-state index in [-0.39, 0.29) is 6.61 Å². The smallest absolute Gasteiger partial charge is 0.459 e. The minimum atomic E-state index is -4.87. The molecule has 0 saturated heterocycles. The van der Waals surface area contributed by atoms with Crippen LogP contribution in [0, 0.1) is 0 Å². The predicted molar refractivity (Wildman–Crippen MR) is 133 cm³/mol. The van der Waals surface area contributed by atoms with E-state index in [1.165, 1.54) is 128 Å². The third-order valence-electron chi connectivity index (χ3n) is 6.46. The van der Waals surface area contributed by atoms with Crippen molar-refractivity contribution in [3.8, 4) is 0 Å². The van der Waals surface area contributed by atoms with Gasteiger partial charge in [0.25, 0.3) is 0 Å². The van der Waals surface area contributed by atoms with Gasteiger partial charge in [0, 0.05) is 0 Å². The van der Waals surface area contributed by atoms with E-state index in [2.05, 4.69) is 11.7 Å². The number of carbonyl (C=O) groups is 1. The Labute approximate surface area is 202 Å². The monoisotopic (exact) mass is 478 g/mol. The zero-order valence-electron chi connectivity index (χ0n) is 21.6. The molecule has 0 aromatic carbocycles. The summed E-state index contributed by atoms with van der Waals surface area (Å²) in [6.07, 6.45) is 26.2. The van der Waals surface area contributed by atoms with Crippen LogP contribution in [-0.2, 0) is 9.53 Å². The molecule has 0 aliphatic heterocycles. The van der Waals surface area contributed by atoms with Gasteiger partial charge in [-0.15, -0.1) is 0 Å². The van der Waals surface area contributed by atoms with E-state index in [1.807, 2.05) is 0 Å². The number of unbranched alkanes of at least 4 members (excludes halogenated alkanes) is 23. The molecule has 0 radical (unpaired) electrons. The summed E-state index contributed by atoms with van der Waals surface area (Å²) in [5.74, 6) is -2.07. The summed E-state index contributed by atoms with van der Waals surface area (Å²) in [7, 11) is 0. The van der Waals surface area contributed by atoms with Crippen molar-refractivity contribution < 1.29 is 22.7 Å². The second-order valence-corrected chi connectivity index (χ2v) is 9.77. The molecular formula is C28H53F3O2. The number of rotatable bonds is 25. The zero-order valence-corrected chi connectivity index (χ0v) is 21.6. The van der Waals surface area contributed by atoms with Crippen LogP contribution in [0.15, 0.2) is 0 Å². The SMILES string of the molecule is CCCCCCCCCCCCCCCCCCCCCCCCCCOC(=O)C(F)(F)F.